The average Bonchev–Trinajstić information content (AvgIpc) is 3.07. The third-order valence-electron chi connectivity index (χ3n) is 5.01. The second-order valence-corrected chi connectivity index (χ2v) is 10.7. The van der Waals surface area contributed by atoms with Crippen molar-refractivity contribution in [2.75, 3.05) is 7.11 Å². The van der Waals surface area contributed by atoms with Gasteiger partial charge in [-0.05, 0) is 104 Å². The lowest BCUT2D eigenvalue weighted by Crippen LogP contribution is -2.27. The summed E-state index contributed by atoms with van der Waals surface area (Å²) in [5.41, 5.74) is 2.02. The first-order valence-electron chi connectivity index (χ1n) is 10.1. The largest absolute Gasteiger partial charge is 0.493 e. The summed E-state index contributed by atoms with van der Waals surface area (Å²) in [6.07, 6.45) is 1.67. The van der Waals surface area contributed by atoms with Crippen LogP contribution in [0, 0.1) is 13.0 Å². The smallest absolute Gasteiger partial charge is 0.293 e. The normalized spacial score (nSPS) is 14.7. The lowest BCUT2D eigenvalue weighted by Gasteiger charge is -2.14. The minimum atomic E-state index is -0.339. The van der Waals surface area contributed by atoms with E-state index in [4.69, 9.17) is 9.47 Å². The molecule has 0 radical (unpaired) electrons. The Kier molecular flexibility index (Phi) is 8.14. The van der Waals surface area contributed by atoms with Gasteiger partial charge in [0.15, 0.2) is 11.5 Å². The predicted octanol–water partition coefficient (Wildman–Crippen LogP) is 6.86. The first-order valence-corrected chi connectivity index (χ1v) is 13.1. The first kappa shape index (κ1) is 25.0. The van der Waals surface area contributed by atoms with Gasteiger partial charge >= 0.3 is 0 Å². The van der Waals surface area contributed by atoms with E-state index in [1.165, 1.54) is 18.1 Å². The Morgan fingerprint density at radius 2 is 1.79 bits per heavy atom. The molecule has 0 spiro atoms. The van der Waals surface area contributed by atoms with E-state index in [9.17, 15) is 14.0 Å². The molecule has 0 unspecified atom stereocenters. The standard InChI is InChI=1S/C25H18FI2NO4S/c1-32-21-11-16(10-20(28)23(21)33-14-17-4-2-3-5-19(17)26)12-22-24(30)29(25(31)34-22)13-15-6-8-18(27)9-7-15/h2-12H,13-14H2,1H3/b22-12-. The van der Waals surface area contributed by atoms with Crippen molar-refractivity contribution in [3.05, 3.63) is 95.2 Å². The Balaban J connectivity index is 1.53. The molecule has 9 heteroatoms. The summed E-state index contributed by atoms with van der Waals surface area (Å²) in [5, 5.41) is -0.304. The van der Waals surface area contributed by atoms with Crippen molar-refractivity contribution in [2.24, 2.45) is 0 Å². The molecule has 5 nitrogen and oxygen atoms in total. The van der Waals surface area contributed by atoms with E-state index in [-0.39, 0.29) is 30.1 Å². The predicted molar refractivity (Wildman–Crippen MR) is 147 cm³/mol. The van der Waals surface area contributed by atoms with Crippen molar-refractivity contribution >= 4 is 74.2 Å². The molecule has 2 amide bonds. The summed E-state index contributed by atoms with van der Waals surface area (Å²) in [6, 6.07) is 17.7. The van der Waals surface area contributed by atoms with Gasteiger partial charge in [0.25, 0.3) is 11.1 Å². The van der Waals surface area contributed by atoms with Crippen molar-refractivity contribution < 1.29 is 23.5 Å². The highest BCUT2D eigenvalue weighted by atomic mass is 127. The van der Waals surface area contributed by atoms with Gasteiger partial charge in [-0.3, -0.25) is 14.5 Å². The van der Waals surface area contributed by atoms with Crippen LogP contribution in [0.4, 0.5) is 9.18 Å². The minimum absolute atomic E-state index is 0.0514. The van der Waals surface area contributed by atoms with Gasteiger partial charge in [0, 0.05) is 9.13 Å². The molecular weight excluding hydrogens is 683 g/mol. The molecule has 1 heterocycles. The third-order valence-corrected chi connectivity index (χ3v) is 7.43. The van der Waals surface area contributed by atoms with Crippen LogP contribution >= 0.6 is 56.9 Å². The summed E-state index contributed by atoms with van der Waals surface area (Å²) >= 11 is 5.23. The number of carbonyl (C=O) groups is 2. The molecule has 0 atom stereocenters. The van der Waals surface area contributed by atoms with E-state index in [0.717, 1.165) is 24.5 Å². The van der Waals surface area contributed by atoms with Crippen molar-refractivity contribution in [3.63, 3.8) is 0 Å². The van der Waals surface area contributed by atoms with Gasteiger partial charge in [0.1, 0.15) is 12.4 Å². The molecule has 1 aliphatic heterocycles. The van der Waals surface area contributed by atoms with Gasteiger partial charge in [-0.1, -0.05) is 30.3 Å². The molecule has 1 aliphatic rings. The van der Waals surface area contributed by atoms with Crippen LogP contribution in [0.2, 0.25) is 0 Å². The second kappa shape index (κ2) is 11.1. The van der Waals surface area contributed by atoms with E-state index in [1.54, 1.807) is 30.3 Å². The number of rotatable bonds is 7. The zero-order chi connectivity index (χ0) is 24.2. The molecule has 0 bridgehead atoms. The van der Waals surface area contributed by atoms with Crippen LogP contribution in [0.5, 0.6) is 11.5 Å². The fourth-order valence-corrected chi connectivity index (χ4v) is 5.27. The van der Waals surface area contributed by atoms with Crippen LogP contribution in [0.1, 0.15) is 16.7 Å². The molecule has 3 aromatic carbocycles. The van der Waals surface area contributed by atoms with E-state index in [2.05, 4.69) is 45.2 Å². The number of hydrogen-bond donors (Lipinski definition) is 0. The molecule has 174 valence electrons. The Labute approximate surface area is 228 Å². The number of amides is 2. The summed E-state index contributed by atoms with van der Waals surface area (Å²) in [6.45, 7) is 0.276. The van der Waals surface area contributed by atoms with Crippen LogP contribution in [0.3, 0.4) is 0 Å². The van der Waals surface area contributed by atoms with E-state index < -0.39 is 0 Å². The summed E-state index contributed by atoms with van der Waals surface area (Å²) in [7, 11) is 1.51. The maximum absolute atomic E-state index is 13.9. The highest BCUT2D eigenvalue weighted by Gasteiger charge is 2.35. The number of imide groups is 1. The fraction of sp³-hybridized carbons (Fsp3) is 0.120. The molecular formula is C25H18FI2NO4S. The number of methoxy groups -OCH3 is 1. The second-order valence-electron chi connectivity index (χ2n) is 7.31. The average molecular weight is 701 g/mol. The Bertz CT molecular complexity index is 1280. The number of benzene rings is 3. The molecule has 0 aromatic heterocycles. The van der Waals surface area contributed by atoms with E-state index in [1.807, 2.05) is 30.3 Å². The van der Waals surface area contributed by atoms with E-state index in [0.29, 0.717) is 27.5 Å². The molecule has 0 N–H and O–H groups in total. The maximum Gasteiger partial charge on any atom is 0.293 e. The highest BCUT2D eigenvalue weighted by molar-refractivity contribution is 14.1. The summed E-state index contributed by atoms with van der Waals surface area (Å²) < 4.78 is 27.1. The van der Waals surface area contributed by atoms with Crippen molar-refractivity contribution in [1.82, 2.24) is 4.90 Å². The number of ether oxygens (including phenoxy) is 2. The molecule has 4 rings (SSSR count). The molecule has 1 saturated heterocycles. The summed E-state index contributed by atoms with van der Waals surface area (Å²) in [4.78, 5) is 27.0. The zero-order valence-corrected chi connectivity index (χ0v) is 23.0. The van der Waals surface area contributed by atoms with Crippen LogP contribution in [-0.4, -0.2) is 23.2 Å². The molecule has 34 heavy (non-hydrogen) atoms. The van der Waals surface area contributed by atoms with Gasteiger partial charge in [0.05, 0.1) is 22.1 Å². The fourth-order valence-electron chi connectivity index (χ4n) is 3.29. The molecule has 1 fully saturated rings. The van der Waals surface area contributed by atoms with Crippen LogP contribution in [0.15, 0.2) is 65.6 Å². The maximum atomic E-state index is 13.9. The van der Waals surface area contributed by atoms with Gasteiger partial charge in [-0.25, -0.2) is 4.39 Å². The van der Waals surface area contributed by atoms with Gasteiger partial charge in [-0.15, -0.1) is 0 Å². The highest BCUT2D eigenvalue weighted by Crippen LogP contribution is 2.38. The number of halogens is 3. The first-order chi connectivity index (χ1) is 16.4. The third kappa shape index (κ3) is 5.74. The monoisotopic (exact) mass is 701 g/mol. The van der Waals surface area contributed by atoms with Crippen LogP contribution in [0.25, 0.3) is 6.08 Å². The molecule has 3 aromatic rings. The number of hydrogen-bond acceptors (Lipinski definition) is 5. The Hall–Kier alpha value is -2.12. The van der Waals surface area contributed by atoms with E-state index >= 15 is 0 Å². The number of thioether (sulfide) groups is 1. The van der Waals surface area contributed by atoms with Gasteiger partial charge in [0.2, 0.25) is 0 Å². The Morgan fingerprint density at radius 1 is 1.06 bits per heavy atom. The molecule has 0 saturated carbocycles. The SMILES string of the molecule is COc1cc(/C=C2\SC(=O)N(Cc3ccc(I)cc3)C2=O)cc(I)c1OCc1ccccc1F. The topological polar surface area (TPSA) is 55.8 Å². The lowest BCUT2D eigenvalue weighted by molar-refractivity contribution is -0.123. The lowest BCUT2D eigenvalue weighted by atomic mass is 10.1. The quantitative estimate of drug-likeness (QED) is 0.199. The number of carbonyl (C=O) groups excluding carboxylic acids is 2. The van der Waals surface area contributed by atoms with Crippen LogP contribution in [-0.2, 0) is 17.9 Å². The number of nitrogens with zero attached hydrogens (tertiary/aromatic N) is 1. The van der Waals surface area contributed by atoms with Crippen molar-refractivity contribution in [3.8, 4) is 11.5 Å². The van der Waals surface area contributed by atoms with Crippen molar-refractivity contribution in [1.29, 1.82) is 0 Å². The Morgan fingerprint density at radius 3 is 2.50 bits per heavy atom. The van der Waals surface area contributed by atoms with Crippen molar-refractivity contribution in [2.45, 2.75) is 13.2 Å². The van der Waals surface area contributed by atoms with Gasteiger partial charge < -0.3 is 9.47 Å². The van der Waals surface area contributed by atoms with Gasteiger partial charge in [-0.2, -0.15) is 0 Å². The minimum Gasteiger partial charge on any atom is -0.493 e. The van der Waals surface area contributed by atoms with Crippen LogP contribution < -0.4 is 9.47 Å². The molecule has 0 aliphatic carbocycles. The summed E-state index contributed by atoms with van der Waals surface area (Å²) in [5.74, 6) is 0.263. The zero-order valence-electron chi connectivity index (χ0n) is 17.9.